The zero-order chi connectivity index (χ0) is 17.6. The summed E-state index contributed by atoms with van der Waals surface area (Å²) < 4.78 is 0. The number of likely N-dealkylation sites (tertiary alicyclic amines) is 1. The Kier molecular flexibility index (Phi) is 5.95. The molecule has 2 N–H and O–H groups in total. The van der Waals surface area contributed by atoms with Gasteiger partial charge in [-0.3, -0.25) is 4.79 Å². The summed E-state index contributed by atoms with van der Waals surface area (Å²) in [5, 5.41) is 6.18. The SMILES string of the molecule is C[C@@H]1CCCC[C@H]1NC(=O)C1CCN(C(=O)Nc2ccccc2)CC1. The summed E-state index contributed by atoms with van der Waals surface area (Å²) in [6.07, 6.45) is 6.30. The Hall–Kier alpha value is -2.04. The molecule has 2 fully saturated rings. The fourth-order valence-corrected chi connectivity index (χ4v) is 3.90. The van der Waals surface area contributed by atoms with Gasteiger partial charge in [0.2, 0.25) is 5.91 Å². The number of nitrogens with one attached hydrogen (secondary N) is 2. The summed E-state index contributed by atoms with van der Waals surface area (Å²) in [5.74, 6) is 0.797. The van der Waals surface area contributed by atoms with Gasteiger partial charge in [0.05, 0.1) is 0 Å². The molecule has 5 heteroatoms. The van der Waals surface area contributed by atoms with Crippen LogP contribution < -0.4 is 10.6 Å². The Morgan fingerprint density at radius 1 is 1.00 bits per heavy atom. The number of anilines is 1. The molecular formula is C20H29N3O2. The van der Waals surface area contributed by atoms with Crippen LogP contribution >= 0.6 is 0 Å². The van der Waals surface area contributed by atoms with Crippen LogP contribution in [0.25, 0.3) is 0 Å². The van der Waals surface area contributed by atoms with Crippen LogP contribution in [0.1, 0.15) is 45.4 Å². The number of carbonyl (C=O) groups excluding carboxylic acids is 2. The highest BCUT2D eigenvalue weighted by Crippen LogP contribution is 2.25. The Morgan fingerprint density at radius 3 is 2.36 bits per heavy atom. The Balaban J connectivity index is 1.44. The summed E-state index contributed by atoms with van der Waals surface area (Å²) >= 11 is 0. The molecule has 1 saturated heterocycles. The van der Waals surface area contributed by atoms with Crippen LogP contribution in [0.15, 0.2) is 30.3 Å². The van der Waals surface area contributed by atoms with Crippen molar-refractivity contribution in [2.75, 3.05) is 18.4 Å². The zero-order valence-electron chi connectivity index (χ0n) is 15.0. The molecule has 5 nitrogen and oxygen atoms in total. The first kappa shape index (κ1) is 17.8. The normalized spacial score (nSPS) is 24.6. The van der Waals surface area contributed by atoms with Gasteiger partial charge in [-0.2, -0.15) is 0 Å². The number of amides is 3. The maximum Gasteiger partial charge on any atom is 0.321 e. The van der Waals surface area contributed by atoms with Crippen LogP contribution in [0.4, 0.5) is 10.5 Å². The predicted octanol–water partition coefficient (Wildman–Crippen LogP) is 3.63. The molecule has 3 rings (SSSR count). The molecule has 25 heavy (non-hydrogen) atoms. The van der Waals surface area contributed by atoms with Crippen LogP contribution in [-0.2, 0) is 4.79 Å². The second-order valence-corrected chi connectivity index (χ2v) is 7.43. The molecule has 2 aliphatic rings. The third-order valence-corrected chi connectivity index (χ3v) is 5.62. The van der Waals surface area contributed by atoms with Crippen molar-refractivity contribution >= 4 is 17.6 Å². The van der Waals surface area contributed by atoms with Gasteiger partial charge in [0.25, 0.3) is 0 Å². The van der Waals surface area contributed by atoms with E-state index in [1.807, 2.05) is 30.3 Å². The van der Waals surface area contributed by atoms with E-state index in [0.717, 1.165) is 24.9 Å². The molecule has 0 unspecified atom stereocenters. The fourth-order valence-electron chi connectivity index (χ4n) is 3.90. The number of piperidine rings is 1. The van der Waals surface area contributed by atoms with Gasteiger partial charge in [0.1, 0.15) is 0 Å². The van der Waals surface area contributed by atoms with Gasteiger partial charge in [-0.05, 0) is 43.7 Å². The van der Waals surface area contributed by atoms with E-state index in [9.17, 15) is 9.59 Å². The van der Waals surface area contributed by atoms with Crippen molar-refractivity contribution in [2.24, 2.45) is 11.8 Å². The summed E-state index contributed by atoms with van der Waals surface area (Å²) in [7, 11) is 0. The maximum atomic E-state index is 12.5. The fraction of sp³-hybridized carbons (Fsp3) is 0.600. The third kappa shape index (κ3) is 4.74. The number of carbonyl (C=O) groups is 2. The van der Waals surface area contributed by atoms with Gasteiger partial charge in [-0.1, -0.05) is 38.0 Å². The Labute approximate surface area is 150 Å². The highest BCUT2D eigenvalue weighted by molar-refractivity contribution is 5.89. The van der Waals surface area contributed by atoms with Gasteiger partial charge in [0, 0.05) is 30.7 Å². The first-order chi connectivity index (χ1) is 12.1. The van der Waals surface area contributed by atoms with Crippen molar-refractivity contribution in [2.45, 2.75) is 51.5 Å². The average molecular weight is 343 g/mol. The quantitative estimate of drug-likeness (QED) is 0.880. The molecule has 2 atom stereocenters. The highest BCUT2D eigenvalue weighted by atomic mass is 16.2. The lowest BCUT2D eigenvalue weighted by Gasteiger charge is -2.34. The first-order valence-electron chi connectivity index (χ1n) is 9.55. The summed E-state index contributed by atoms with van der Waals surface area (Å²) in [6.45, 7) is 3.51. The molecule has 0 bridgehead atoms. The molecule has 1 saturated carbocycles. The third-order valence-electron chi connectivity index (χ3n) is 5.62. The minimum atomic E-state index is -0.0778. The molecule has 0 spiro atoms. The maximum absolute atomic E-state index is 12.5. The van der Waals surface area contributed by atoms with Gasteiger partial charge < -0.3 is 15.5 Å². The smallest absolute Gasteiger partial charge is 0.321 e. The van der Waals surface area contributed by atoms with E-state index in [0.29, 0.717) is 25.0 Å². The zero-order valence-corrected chi connectivity index (χ0v) is 15.0. The van der Waals surface area contributed by atoms with E-state index in [1.54, 1.807) is 4.90 Å². The van der Waals surface area contributed by atoms with Crippen molar-refractivity contribution in [3.8, 4) is 0 Å². The van der Waals surface area contributed by atoms with E-state index in [2.05, 4.69) is 17.6 Å². The molecular weight excluding hydrogens is 314 g/mol. The van der Waals surface area contributed by atoms with Crippen molar-refractivity contribution < 1.29 is 9.59 Å². The molecule has 1 aromatic carbocycles. The lowest BCUT2D eigenvalue weighted by molar-refractivity contribution is -0.127. The molecule has 1 aliphatic heterocycles. The molecule has 136 valence electrons. The van der Waals surface area contributed by atoms with E-state index in [-0.39, 0.29) is 17.9 Å². The van der Waals surface area contributed by atoms with E-state index in [1.165, 1.54) is 19.3 Å². The van der Waals surface area contributed by atoms with Crippen molar-refractivity contribution in [1.29, 1.82) is 0 Å². The Morgan fingerprint density at radius 2 is 1.68 bits per heavy atom. The molecule has 1 heterocycles. The number of hydrogen-bond acceptors (Lipinski definition) is 2. The summed E-state index contributed by atoms with van der Waals surface area (Å²) in [5.41, 5.74) is 0.804. The Bertz CT molecular complexity index is 582. The highest BCUT2D eigenvalue weighted by Gasteiger charge is 2.30. The molecule has 3 amide bonds. The van der Waals surface area contributed by atoms with Gasteiger partial charge in [-0.15, -0.1) is 0 Å². The van der Waals surface area contributed by atoms with Crippen molar-refractivity contribution in [1.82, 2.24) is 10.2 Å². The van der Waals surface area contributed by atoms with Crippen LogP contribution in [0.5, 0.6) is 0 Å². The van der Waals surface area contributed by atoms with E-state index in [4.69, 9.17) is 0 Å². The number of urea groups is 1. The van der Waals surface area contributed by atoms with Gasteiger partial charge in [0.15, 0.2) is 0 Å². The summed E-state index contributed by atoms with van der Waals surface area (Å²) in [4.78, 5) is 26.7. The first-order valence-corrected chi connectivity index (χ1v) is 9.55. The van der Waals surface area contributed by atoms with Crippen molar-refractivity contribution in [3.63, 3.8) is 0 Å². The second kappa shape index (κ2) is 8.37. The molecule has 1 aliphatic carbocycles. The van der Waals surface area contributed by atoms with Crippen LogP contribution in [0, 0.1) is 11.8 Å². The number of rotatable bonds is 3. The second-order valence-electron chi connectivity index (χ2n) is 7.43. The molecule has 0 aromatic heterocycles. The summed E-state index contributed by atoms with van der Waals surface area (Å²) in [6, 6.07) is 9.74. The van der Waals surface area contributed by atoms with Crippen LogP contribution in [-0.4, -0.2) is 36.0 Å². The lowest BCUT2D eigenvalue weighted by atomic mass is 9.85. The van der Waals surface area contributed by atoms with Crippen LogP contribution in [0.2, 0.25) is 0 Å². The minimum absolute atomic E-state index is 0.0369. The predicted molar refractivity (Wildman–Crippen MR) is 99.3 cm³/mol. The largest absolute Gasteiger partial charge is 0.353 e. The van der Waals surface area contributed by atoms with Gasteiger partial charge in [-0.25, -0.2) is 4.79 Å². The average Bonchev–Trinajstić information content (AvgIpc) is 2.64. The van der Waals surface area contributed by atoms with Crippen molar-refractivity contribution in [3.05, 3.63) is 30.3 Å². The molecule has 0 radical (unpaired) electrons. The lowest BCUT2D eigenvalue weighted by Crippen LogP contribution is -2.48. The molecule has 1 aromatic rings. The number of para-hydroxylation sites is 1. The minimum Gasteiger partial charge on any atom is -0.353 e. The number of benzene rings is 1. The topological polar surface area (TPSA) is 61.4 Å². The van der Waals surface area contributed by atoms with Crippen LogP contribution in [0.3, 0.4) is 0 Å². The standard InChI is InChI=1S/C20H29N3O2/c1-15-7-5-6-10-18(15)22-19(24)16-11-13-23(14-12-16)20(25)21-17-8-3-2-4-9-17/h2-4,8-9,15-16,18H,5-7,10-14H2,1H3,(H,21,25)(H,22,24)/t15-,18-/m1/s1. The number of nitrogens with zero attached hydrogens (tertiary/aromatic N) is 1. The van der Waals surface area contributed by atoms with E-state index >= 15 is 0 Å². The monoisotopic (exact) mass is 343 g/mol. The van der Waals surface area contributed by atoms with Gasteiger partial charge >= 0.3 is 6.03 Å². The number of hydrogen-bond donors (Lipinski definition) is 2. The van der Waals surface area contributed by atoms with E-state index < -0.39 is 0 Å².